The Hall–Kier alpha value is -1.07. The van der Waals surface area contributed by atoms with Crippen LogP contribution >= 0.6 is 22.6 Å². The minimum atomic E-state index is 0.0902. The van der Waals surface area contributed by atoms with E-state index >= 15 is 0 Å². The summed E-state index contributed by atoms with van der Waals surface area (Å²) in [5.41, 5.74) is 3.27. The van der Waals surface area contributed by atoms with Gasteiger partial charge in [-0.25, -0.2) is 0 Å². The molecule has 2 N–H and O–H groups in total. The maximum Gasteiger partial charge on any atom is 0.0681 e. The highest BCUT2D eigenvalue weighted by Crippen LogP contribution is 2.20. The fourth-order valence-corrected chi connectivity index (χ4v) is 2.15. The van der Waals surface area contributed by atoms with Gasteiger partial charge in [-0.3, -0.25) is 0 Å². The topological polar surface area (TPSA) is 32.3 Å². The highest BCUT2D eigenvalue weighted by molar-refractivity contribution is 14.1. The first-order valence-corrected chi connectivity index (χ1v) is 6.98. The van der Waals surface area contributed by atoms with Gasteiger partial charge in [0.25, 0.3) is 0 Å². The molecule has 0 radical (unpaired) electrons. The van der Waals surface area contributed by atoms with Crippen molar-refractivity contribution < 1.29 is 5.11 Å². The highest BCUT2D eigenvalue weighted by atomic mass is 127. The van der Waals surface area contributed by atoms with Crippen molar-refractivity contribution in [2.75, 3.05) is 5.32 Å². The van der Waals surface area contributed by atoms with E-state index in [1.54, 1.807) is 0 Å². The molecule has 0 saturated heterocycles. The van der Waals surface area contributed by atoms with Crippen molar-refractivity contribution in [3.63, 3.8) is 0 Å². The summed E-state index contributed by atoms with van der Waals surface area (Å²) in [5.74, 6) is 0. The lowest BCUT2D eigenvalue weighted by Gasteiger charge is -2.16. The van der Waals surface area contributed by atoms with Crippen molar-refractivity contribution in [1.29, 1.82) is 0 Å². The van der Waals surface area contributed by atoms with Gasteiger partial charge in [0.2, 0.25) is 0 Å². The smallest absolute Gasteiger partial charge is 0.0681 e. The van der Waals surface area contributed by atoms with Crippen LogP contribution in [-0.2, 0) is 6.61 Å². The third kappa shape index (κ3) is 3.46. The zero-order valence-electron chi connectivity index (χ0n) is 10.2. The molecule has 18 heavy (non-hydrogen) atoms. The van der Waals surface area contributed by atoms with Crippen LogP contribution in [0.1, 0.15) is 24.1 Å². The second-order valence-corrected chi connectivity index (χ2v) is 5.52. The molecule has 0 heterocycles. The van der Waals surface area contributed by atoms with E-state index in [1.165, 1.54) is 9.13 Å². The minimum absolute atomic E-state index is 0.0902. The largest absolute Gasteiger partial charge is 0.392 e. The Balaban J connectivity index is 2.05. The molecular formula is C15H16INO. The van der Waals surface area contributed by atoms with E-state index in [0.29, 0.717) is 0 Å². The van der Waals surface area contributed by atoms with Crippen LogP contribution < -0.4 is 5.32 Å². The van der Waals surface area contributed by atoms with Crippen molar-refractivity contribution in [3.05, 3.63) is 63.2 Å². The number of aliphatic hydroxyl groups excluding tert-OH is 1. The van der Waals surface area contributed by atoms with Gasteiger partial charge >= 0.3 is 0 Å². The molecule has 2 rings (SSSR count). The lowest BCUT2D eigenvalue weighted by Crippen LogP contribution is -2.06. The summed E-state index contributed by atoms with van der Waals surface area (Å²) in [6.07, 6.45) is 0. The van der Waals surface area contributed by atoms with Crippen molar-refractivity contribution in [3.8, 4) is 0 Å². The number of hydrogen-bond acceptors (Lipinski definition) is 2. The number of rotatable bonds is 4. The van der Waals surface area contributed by atoms with E-state index < -0.39 is 0 Å². The zero-order valence-corrected chi connectivity index (χ0v) is 12.4. The molecule has 0 amide bonds. The lowest BCUT2D eigenvalue weighted by atomic mass is 10.1. The molecule has 3 heteroatoms. The standard InChI is InChI=1S/C15H16INO/c1-11(13-4-6-14(16)7-5-13)17-15-8-2-12(10-18)3-9-15/h2-9,11,17-18H,10H2,1H3. The Morgan fingerprint density at radius 1 is 1.06 bits per heavy atom. The van der Waals surface area contributed by atoms with Gasteiger partial charge in [-0.05, 0) is 64.9 Å². The monoisotopic (exact) mass is 353 g/mol. The summed E-state index contributed by atoms with van der Waals surface area (Å²) in [7, 11) is 0. The molecule has 2 aromatic rings. The summed E-state index contributed by atoms with van der Waals surface area (Å²) in [4.78, 5) is 0. The van der Waals surface area contributed by atoms with E-state index in [2.05, 4.69) is 59.1 Å². The first-order chi connectivity index (χ1) is 8.69. The number of benzene rings is 2. The van der Waals surface area contributed by atoms with Crippen LogP contribution in [0, 0.1) is 3.57 Å². The van der Waals surface area contributed by atoms with Crippen LogP contribution in [0.3, 0.4) is 0 Å². The molecule has 0 aliphatic carbocycles. The first kappa shape index (κ1) is 13.4. The predicted octanol–water partition coefficient (Wildman–Crippen LogP) is 3.96. The minimum Gasteiger partial charge on any atom is -0.392 e. The van der Waals surface area contributed by atoms with Gasteiger partial charge in [0.15, 0.2) is 0 Å². The molecule has 0 bridgehead atoms. The average molecular weight is 353 g/mol. The number of aliphatic hydroxyl groups is 1. The van der Waals surface area contributed by atoms with Gasteiger partial charge in [0, 0.05) is 15.3 Å². The van der Waals surface area contributed by atoms with Crippen LogP contribution in [-0.4, -0.2) is 5.11 Å². The summed E-state index contributed by atoms with van der Waals surface area (Å²) >= 11 is 2.31. The molecule has 1 atom stereocenters. The third-order valence-electron chi connectivity index (χ3n) is 2.89. The molecule has 0 fully saturated rings. The van der Waals surface area contributed by atoms with E-state index in [9.17, 15) is 0 Å². The van der Waals surface area contributed by atoms with Crippen LogP contribution in [0.25, 0.3) is 0 Å². The lowest BCUT2D eigenvalue weighted by molar-refractivity contribution is 0.282. The van der Waals surface area contributed by atoms with Crippen LogP contribution in [0.4, 0.5) is 5.69 Å². The Morgan fingerprint density at radius 2 is 1.67 bits per heavy atom. The van der Waals surface area contributed by atoms with Crippen LogP contribution in [0.2, 0.25) is 0 Å². The van der Waals surface area contributed by atoms with E-state index in [-0.39, 0.29) is 12.6 Å². The van der Waals surface area contributed by atoms with Crippen molar-refractivity contribution in [1.82, 2.24) is 0 Å². The van der Waals surface area contributed by atoms with Crippen molar-refractivity contribution in [2.45, 2.75) is 19.6 Å². The molecule has 2 nitrogen and oxygen atoms in total. The van der Waals surface area contributed by atoms with E-state index in [1.807, 2.05) is 24.3 Å². The Bertz CT molecular complexity index is 493. The maximum absolute atomic E-state index is 8.99. The number of anilines is 1. The molecule has 0 spiro atoms. The molecule has 2 aromatic carbocycles. The summed E-state index contributed by atoms with van der Waals surface area (Å²) in [6, 6.07) is 16.6. The fraction of sp³-hybridized carbons (Fsp3) is 0.200. The summed E-state index contributed by atoms with van der Waals surface area (Å²) < 4.78 is 1.25. The summed E-state index contributed by atoms with van der Waals surface area (Å²) in [6.45, 7) is 2.23. The SMILES string of the molecule is CC(Nc1ccc(CO)cc1)c1ccc(I)cc1. The van der Waals surface area contributed by atoms with E-state index in [4.69, 9.17) is 5.11 Å². The van der Waals surface area contributed by atoms with Gasteiger partial charge in [-0.1, -0.05) is 24.3 Å². The molecule has 0 aliphatic rings. The summed E-state index contributed by atoms with van der Waals surface area (Å²) in [5, 5.41) is 12.4. The van der Waals surface area contributed by atoms with Crippen molar-refractivity contribution in [2.24, 2.45) is 0 Å². The number of halogens is 1. The Kier molecular flexibility index (Phi) is 4.60. The molecule has 0 saturated carbocycles. The first-order valence-electron chi connectivity index (χ1n) is 5.91. The van der Waals surface area contributed by atoms with Crippen molar-refractivity contribution >= 4 is 28.3 Å². The molecule has 94 valence electrons. The Labute approximate surface area is 121 Å². The van der Waals surface area contributed by atoms with E-state index in [0.717, 1.165) is 11.3 Å². The second-order valence-electron chi connectivity index (χ2n) is 4.27. The van der Waals surface area contributed by atoms with Crippen LogP contribution in [0.15, 0.2) is 48.5 Å². The number of hydrogen-bond donors (Lipinski definition) is 2. The highest BCUT2D eigenvalue weighted by Gasteiger charge is 2.04. The quantitative estimate of drug-likeness (QED) is 0.816. The maximum atomic E-state index is 8.99. The van der Waals surface area contributed by atoms with Crippen LogP contribution in [0.5, 0.6) is 0 Å². The Morgan fingerprint density at radius 3 is 2.22 bits per heavy atom. The molecular weight excluding hydrogens is 337 g/mol. The average Bonchev–Trinajstić information content (AvgIpc) is 2.40. The normalized spacial score (nSPS) is 12.2. The second kappa shape index (κ2) is 6.20. The van der Waals surface area contributed by atoms with Gasteiger partial charge < -0.3 is 10.4 Å². The molecule has 0 aromatic heterocycles. The number of nitrogens with one attached hydrogen (secondary N) is 1. The van der Waals surface area contributed by atoms with Gasteiger partial charge in [-0.15, -0.1) is 0 Å². The predicted molar refractivity (Wildman–Crippen MR) is 83.6 cm³/mol. The fourth-order valence-electron chi connectivity index (χ4n) is 1.79. The van der Waals surface area contributed by atoms with Gasteiger partial charge in [0.1, 0.15) is 0 Å². The zero-order chi connectivity index (χ0) is 13.0. The third-order valence-corrected chi connectivity index (χ3v) is 3.61. The van der Waals surface area contributed by atoms with Gasteiger partial charge in [0.05, 0.1) is 6.61 Å². The van der Waals surface area contributed by atoms with Gasteiger partial charge in [-0.2, -0.15) is 0 Å². The molecule has 1 unspecified atom stereocenters. The molecule has 0 aliphatic heterocycles.